The molecule has 1 aliphatic carbocycles. The molecule has 2 aliphatic rings. The standard InChI is InChI=1S/C13H22N2O2/c1-4-9(14-3)7-15-12(16)10-5-8(2)6-11(10)13(15)17/h8-11,14H,4-7H2,1-3H3. The fourth-order valence-corrected chi connectivity index (χ4v) is 3.17. The highest BCUT2D eigenvalue weighted by molar-refractivity contribution is 6.05. The molecule has 0 aromatic carbocycles. The highest BCUT2D eigenvalue weighted by atomic mass is 16.2. The number of likely N-dealkylation sites (tertiary alicyclic amines) is 1. The Balaban J connectivity index is 2.07. The van der Waals surface area contributed by atoms with E-state index in [1.807, 2.05) is 7.05 Å². The Hall–Kier alpha value is -0.900. The third-order valence-electron chi connectivity index (χ3n) is 4.27. The molecular weight excluding hydrogens is 216 g/mol. The number of nitrogens with one attached hydrogen (secondary N) is 1. The predicted molar refractivity (Wildman–Crippen MR) is 65.2 cm³/mol. The molecule has 1 heterocycles. The summed E-state index contributed by atoms with van der Waals surface area (Å²) >= 11 is 0. The molecule has 2 amide bonds. The molecular formula is C13H22N2O2. The quantitative estimate of drug-likeness (QED) is 0.744. The molecule has 0 bridgehead atoms. The second-order valence-electron chi connectivity index (χ2n) is 5.47. The highest BCUT2D eigenvalue weighted by Gasteiger charge is 2.51. The zero-order chi connectivity index (χ0) is 12.6. The Morgan fingerprint density at radius 2 is 1.82 bits per heavy atom. The molecule has 1 saturated heterocycles. The number of hydrogen-bond donors (Lipinski definition) is 1. The molecule has 1 aliphatic heterocycles. The summed E-state index contributed by atoms with van der Waals surface area (Å²) in [6.07, 6.45) is 2.71. The average Bonchev–Trinajstić information content (AvgIpc) is 2.79. The van der Waals surface area contributed by atoms with E-state index in [2.05, 4.69) is 19.2 Å². The lowest BCUT2D eigenvalue weighted by Crippen LogP contribution is -2.43. The van der Waals surface area contributed by atoms with Gasteiger partial charge in [0.25, 0.3) is 0 Å². The molecule has 2 fully saturated rings. The third-order valence-corrected chi connectivity index (χ3v) is 4.27. The third kappa shape index (κ3) is 2.10. The molecule has 0 spiro atoms. The number of rotatable bonds is 4. The van der Waals surface area contributed by atoms with Gasteiger partial charge in [-0.25, -0.2) is 0 Å². The van der Waals surface area contributed by atoms with Crippen LogP contribution in [0.1, 0.15) is 33.1 Å². The van der Waals surface area contributed by atoms with Gasteiger partial charge in [-0.3, -0.25) is 14.5 Å². The van der Waals surface area contributed by atoms with Crippen molar-refractivity contribution in [2.45, 2.75) is 39.2 Å². The number of likely N-dealkylation sites (N-methyl/N-ethyl adjacent to an activating group) is 1. The Labute approximate surface area is 103 Å². The number of carbonyl (C=O) groups is 2. The maximum Gasteiger partial charge on any atom is 0.233 e. The first-order valence-corrected chi connectivity index (χ1v) is 6.60. The summed E-state index contributed by atoms with van der Waals surface area (Å²) < 4.78 is 0. The lowest BCUT2D eigenvalue weighted by atomic mass is 10.00. The van der Waals surface area contributed by atoms with Crippen molar-refractivity contribution in [1.29, 1.82) is 0 Å². The highest BCUT2D eigenvalue weighted by Crippen LogP contribution is 2.42. The van der Waals surface area contributed by atoms with Crippen LogP contribution in [-0.2, 0) is 9.59 Å². The largest absolute Gasteiger partial charge is 0.315 e. The molecule has 0 aromatic rings. The Kier molecular flexibility index (Phi) is 3.52. The fourth-order valence-electron chi connectivity index (χ4n) is 3.17. The topological polar surface area (TPSA) is 49.4 Å². The van der Waals surface area contributed by atoms with Crippen LogP contribution in [0.4, 0.5) is 0 Å². The number of carbonyl (C=O) groups excluding carboxylic acids is 2. The minimum Gasteiger partial charge on any atom is -0.315 e. The molecule has 3 atom stereocenters. The number of fused-ring (bicyclic) bond motifs is 1. The van der Waals surface area contributed by atoms with Crippen LogP contribution in [-0.4, -0.2) is 36.3 Å². The van der Waals surface area contributed by atoms with Crippen molar-refractivity contribution < 1.29 is 9.59 Å². The normalized spacial score (nSPS) is 34.3. The van der Waals surface area contributed by atoms with Gasteiger partial charge in [0.1, 0.15) is 0 Å². The van der Waals surface area contributed by atoms with E-state index in [9.17, 15) is 9.59 Å². The van der Waals surface area contributed by atoms with Gasteiger partial charge in [-0.1, -0.05) is 13.8 Å². The lowest BCUT2D eigenvalue weighted by Gasteiger charge is -2.22. The molecule has 96 valence electrons. The van der Waals surface area contributed by atoms with E-state index >= 15 is 0 Å². The molecule has 0 radical (unpaired) electrons. The minimum atomic E-state index is -0.0214. The van der Waals surface area contributed by atoms with E-state index in [4.69, 9.17) is 0 Å². The first-order valence-electron chi connectivity index (χ1n) is 6.60. The molecule has 17 heavy (non-hydrogen) atoms. The number of imide groups is 1. The Bertz CT molecular complexity index is 301. The van der Waals surface area contributed by atoms with Crippen LogP contribution < -0.4 is 5.32 Å². The summed E-state index contributed by atoms with van der Waals surface area (Å²) in [7, 11) is 1.88. The van der Waals surface area contributed by atoms with E-state index in [1.54, 1.807) is 0 Å². The molecule has 0 aromatic heterocycles. The zero-order valence-corrected chi connectivity index (χ0v) is 10.9. The van der Waals surface area contributed by atoms with Gasteiger partial charge in [0, 0.05) is 12.6 Å². The van der Waals surface area contributed by atoms with Crippen molar-refractivity contribution in [2.75, 3.05) is 13.6 Å². The zero-order valence-electron chi connectivity index (χ0n) is 10.9. The van der Waals surface area contributed by atoms with Crippen LogP contribution in [0.5, 0.6) is 0 Å². The van der Waals surface area contributed by atoms with Crippen molar-refractivity contribution in [1.82, 2.24) is 10.2 Å². The molecule has 4 nitrogen and oxygen atoms in total. The van der Waals surface area contributed by atoms with Gasteiger partial charge >= 0.3 is 0 Å². The van der Waals surface area contributed by atoms with E-state index < -0.39 is 0 Å². The van der Waals surface area contributed by atoms with Gasteiger partial charge in [0.05, 0.1) is 11.8 Å². The van der Waals surface area contributed by atoms with E-state index in [1.165, 1.54) is 4.90 Å². The van der Waals surface area contributed by atoms with E-state index in [0.717, 1.165) is 19.3 Å². The van der Waals surface area contributed by atoms with Crippen molar-refractivity contribution in [3.05, 3.63) is 0 Å². The fraction of sp³-hybridized carbons (Fsp3) is 0.846. The summed E-state index contributed by atoms with van der Waals surface area (Å²) in [5.41, 5.74) is 0. The lowest BCUT2D eigenvalue weighted by molar-refractivity contribution is -0.140. The maximum absolute atomic E-state index is 12.2. The first-order chi connectivity index (χ1) is 8.08. The predicted octanol–water partition coefficient (Wildman–Crippen LogP) is 1.02. The number of nitrogens with zero attached hydrogens (tertiary/aromatic N) is 1. The maximum atomic E-state index is 12.2. The Morgan fingerprint density at radius 3 is 2.24 bits per heavy atom. The smallest absolute Gasteiger partial charge is 0.233 e. The molecule has 1 saturated carbocycles. The van der Waals surface area contributed by atoms with Gasteiger partial charge in [-0.15, -0.1) is 0 Å². The first kappa shape index (κ1) is 12.6. The molecule has 1 N–H and O–H groups in total. The summed E-state index contributed by atoms with van der Waals surface area (Å²) in [5.74, 6) is 0.612. The SMILES string of the molecule is CCC(CN1C(=O)C2CC(C)CC2C1=O)NC. The Morgan fingerprint density at radius 1 is 1.29 bits per heavy atom. The van der Waals surface area contributed by atoms with Crippen molar-refractivity contribution >= 4 is 11.8 Å². The van der Waals surface area contributed by atoms with Crippen LogP contribution in [0.25, 0.3) is 0 Å². The van der Waals surface area contributed by atoms with Gasteiger partial charge < -0.3 is 5.32 Å². The van der Waals surface area contributed by atoms with Gasteiger partial charge in [-0.2, -0.15) is 0 Å². The van der Waals surface area contributed by atoms with Gasteiger partial charge in [0.2, 0.25) is 11.8 Å². The van der Waals surface area contributed by atoms with E-state index in [0.29, 0.717) is 12.5 Å². The van der Waals surface area contributed by atoms with Crippen LogP contribution in [0, 0.1) is 17.8 Å². The molecule has 3 unspecified atom stereocenters. The van der Waals surface area contributed by atoms with Gasteiger partial charge in [0.15, 0.2) is 0 Å². The van der Waals surface area contributed by atoms with Crippen LogP contribution in [0.3, 0.4) is 0 Å². The summed E-state index contributed by atoms with van der Waals surface area (Å²) in [6, 6.07) is 0.221. The van der Waals surface area contributed by atoms with E-state index in [-0.39, 0.29) is 29.7 Å². The number of amides is 2. The average molecular weight is 238 g/mol. The van der Waals surface area contributed by atoms with Crippen LogP contribution >= 0.6 is 0 Å². The monoisotopic (exact) mass is 238 g/mol. The van der Waals surface area contributed by atoms with Crippen molar-refractivity contribution in [3.8, 4) is 0 Å². The minimum absolute atomic E-state index is 0.0214. The van der Waals surface area contributed by atoms with Crippen molar-refractivity contribution in [3.63, 3.8) is 0 Å². The van der Waals surface area contributed by atoms with Crippen molar-refractivity contribution in [2.24, 2.45) is 17.8 Å². The molecule has 2 rings (SSSR count). The summed E-state index contributed by atoms with van der Waals surface area (Å²) in [4.78, 5) is 25.9. The van der Waals surface area contributed by atoms with Gasteiger partial charge in [-0.05, 0) is 32.2 Å². The van der Waals surface area contributed by atoms with Crippen LogP contribution in [0.2, 0.25) is 0 Å². The second-order valence-corrected chi connectivity index (χ2v) is 5.47. The summed E-state index contributed by atoms with van der Waals surface area (Å²) in [6.45, 7) is 4.73. The second kappa shape index (κ2) is 4.77. The number of hydrogen-bond acceptors (Lipinski definition) is 3. The summed E-state index contributed by atoms with van der Waals surface area (Å²) in [5, 5.41) is 3.15. The van der Waals surface area contributed by atoms with Crippen LogP contribution in [0.15, 0.2) is 0 Å². The molecule has 4 heteroatoms.